The van der Waals surface area contributed by atoms with Crippen molar-refractivity contribution >= 4 is 5.69 Å². The van der Waals surface area contributed by atoms with Gasteiger partial charge >= 0.3 is 0 Å². The van der Waals surface area contributed by atoms with Crippen molar-refractivity contribution in [2.24, 2.45) is 0 Å². The molecule has 0 aliphatic carbocycles. The Morgan fingerprint density at radius 1 is 1.14 bits per heavy atom. The lowest BCUT2D eigenvalue weighted by molar-refractivity contribution is 0.185. The predicted molar refractivity (Wildman–Crippen MR) is 76.1 cm³/mol. The molecule has 1 aromatic carbocycles. The minimum Gasteiger partial charge on any atom is -0.365 e. The van der Waals surface area contributed by atoms with Gasteiger partial charge in [0.05, 0.1) is 11.6 Å². The molecule has 1 atom stereocenters. The summed E-state index contributed by atoms with van der Waals surface area (Å²) >= 11 is 0. The molecule has 1 unspecified atom stereocenters. The van der Waals surface area contributed by atoms with Gasteiger partial charge in [-0.3, -0.25) is 4.90 Å². The maximum atomic E-state index is 14.1. The Hall–Kier alpha value is -1.71. The van der Waals surface area contributed by atoms with E-state index >= 15 is 0 Å². The molecular formula is C15H18F2N4. The second kappa shape index (κ2) is 5.96. The normalized spacial score (nSPS) is 23.3. The van der Waals surface area contributed by atoms with Crippen LogP contribution in [-0.2, 0) is 0 Å². The molecule has 2 heterocycles. The summed E-state index contributed by atoms with van der Waals surface area (Å²) < 4.78 is 28.1. The number of anilines is 1. The molecule has 0 spiro atoms. The summed E-state index contributed by atoms with van der Waals surface area (Å²) in [5.41, 5.74) is 0.0261. The maximum absolute atomic E-state index is 14.1. The molecule has 0 saturated carbocycles. The quantitative estimate of drug-likeness (QED) is 0.893. The van der Waals surface area contributed by atoms with Gasteiger partial charge < -0.3 is 10.2 Å². The average Bonchev–Trinajstić information content (AvgIpc) is 2.97. The molecule has 0 aromatic heterocycles. The number of nitriles is 1. The molecular weight excluding hydrogens is 274 g/mol. The van der Waals surface area contributed by atoms with E-state index in [9.17, 15) is 8.78 Å². The van der Waals surface area contributed by atoms with Gasteiger partial charge in [0.15, 0.2) is 11.6 Å². The van der Waals surface area contributed by atoms with Crippen LogP contribution < -0.4 is 10.2 Å². The first-order chi connectivity index (χ1) is 10.2. The first-order valence-corrected chi connectivity index (χ1v) is 7.28. The van der Waals surface area contributed by atoms with Crippen LogP contribution in [0.5, 0.6) is 0 Å². The summed E-state index contributed by atoms with van der Waals surface area (Å²) in [6, 6.07) is 4.34. The third-order valence-corrected chi connectivity index (χ3v) is 4.29. The van der Waals surface area contributed by atoms with E-state index in [-0.39, 0.29) is 11.3 Å². The van der Waals surface area contributed by atoms with Crippen LogP contribution in [0.4, 0.5) is 14.5 Å². The molecule has 1 aromatic rings. The second-order valence-corrected chi connectivity index (χ2v) is 5.57. The summed E-state index contributed by atoms with van der Waals surface area (Å²) in [4.78, 5) is 4.15. The highest BCUT2D eigenvalue weighted by molar-refractivity contribution is 5.53. The molecule has 2 saturated heterocycles. The Kier molecular flexibility index (Phi) is 4.04. The highest BCUT2D eigenvalue weighted by atomic mass is 19.1. The third kappa shape index (κ3) is 2.85. The standard InChI is InChI=1S/C15H18F2N4/c16-13-7-11(9-18)8-14(17)15(13)21-4-1-12(10-21)20-5-2-19-3-6-20/h7-8,12,19H,1-6,10H2. The van der Waals surface area contributed by atoms with Gasteiger partial charge in [-0.2, -0.15) is 5.26 Å². The molecule has 4 nitrogen and oxygen atoms in total. The van der Waals surface area contributed by atoms with Crippen molar-refractivity contribution in [2.45, 2.75) is 12.5 Å². The zero-order chi connectivity index (χ0) is 14.8. The van der Waals surface area contributed by atoms with Gasteiger partial charge in [0.1, 0.15) is 5.69 Å². The van der Waals surface area contributed by atoms with E-state index in [1.54, 1.807) is 11.0 Å². The average molecular weight is 292 g/mol. The van der Waals surface area contributed by atoms with Crippen molar-refractivity contribution in [3.05, 3.63) is 29.3 Å². The summed E-state index contributed by atoms with van der Waals surface area (Å²) in [5, 5.41) is 12.1. The van der Waals surface area contributed by atoms with Crippen LogP contribution in [0.1, 0.15) is 12.0 Å². The van der Waals surface area contributed by atoms with Gasteiger partial charge in [0.25, 0.3) is 0 Å². The van der Waals surface area contributed by atoms with Gasteiger partial charge in [-0.05, 0) is 18.6 Å². The number of hydrogen-bond acceptors (Lipinski definition) is 4. The number of rotatable bonds is 2. The highest BCUT2D eigenvalue weighted by Gasteiger charge is 2.31. The smallest absolute Gasteiger partial charge is 0.150 e. The number of piperazine rings is 1. The SMILES string of the molecule is N#Cc1cc(F)c(N2CCC(N3CCNCC3)C2)c(F)c1. The molecule has 3 rings (SSSR count). The molecule has 1 N–H and O–H groups in total. The fourth-order valence-electron chi connectivity index (χ4n) is 3.22. The molecule has 2 fully saturated rings. The molecule has 6 heteroatoms. The van der Waals surface area contributed by atoms with E-state index in [1.807, 2.05) is 0 Å². The number of hydrogen-bond donors (Lipinski definition) is 1. The minimum atomic E-state index is -0.646. The van der Waals surface area contributed by atoms with Gasteiger partial charge in [0.2, 0.25) is 0 Å². The van der Waals surface area contributed by atoms with Crippen molar-refractivity contribution in [3.8, 4) is 6.07 Å². The number of nitrogens with zero attached hydrogens (tertiary/aromatic N) is 3. The van der Waals surface area contributed by atoms with Crippen LogP contribution in [-0.4, -0.2) is 50.2 Å². The van der Waals surface area contributed by atoms with E-state index in [0.717, 1.165) is 44.7 Å². The fraction of sp³-hybridized carbons (Fsp3) is 0.533. The molecule has 21 heavy (non-hydrogen) atoms. The van der Waals surface area contributed by atoms with Crippen molar-refractivity contribution in [3.63, 3.8) is 0 Å². The molecule has 0 amide bonds. The lowest BCUT2D eigenvalue weighted by Crippen LogP contribution is -2.49. The number of halogens is 2. The topological polar surface area (TPSA) is 42.3 Å². The van der Waals surface area contributed by atoms with Gasteiger partial charge in [-0.25, -0.2) is 8.78 Å². The zero-order valence-corrected chi connectivity index (χ0v) is 11.8. The van der Waals surface area contributed by atoms with E-state index in [1.165, 1.54) is 0 Å². The van der Waals surface area contributed by atoms with E-state index in [0.29, 0.717) is 19.1 Å². The van der Waals surface area contributed by atoms with Crippen LogP contribution in [0.3, 0.4) is 0 Å². The maximum Gasteiger partial charge on any atom is 0.150 e. The lowest BCUT2D eigenvalue weighted by Gasteiger charge is -2.32. The number of nitrogens with one attached hydrogen (secondary N) is 1. The molecule has 2 aliphatic heterocycles. The summed E-state index contributed by atoms with van der Waals surface area (Å²) in [6.07, 6.45) is 0.916. The Labute approximate surface area is 122 Å². The van der Waals surface area contributed by atoms with Crippen molar-refractivity contribution in [1.29, 1.82) is 5.26 Å². The largest absolute Gasteiger partial charge is 0.365 e. The van der Waals surface area contributed by atoms with Gasteiger partial charge in [-0.1, -0.05) is 0 Å². The van der Waals surface area contributed by atoms with Gasteiger partial charge in [-0.15, -0.1) is 0 Å². The minimum absolute atomic E-state index is 0.00614. The monoisotopic (exact) mass is 292 g/mol. The van der Waals surface area contributed by atoms with E-state index in [2.05, 4.69) is 10.2 Å². The third-order valence-electron chi connectivity index (χ3n) is 4.29. The Morgan fingerprint density at radius 3 is 2.43 bits per heavy atom. The zero-order valence-electron chi connectivity index (χ0n) is 11.8. The molecule has 112 valence electrons. The van der Waals surface area contributed by atoms with Crippen LogP contribution in [0.15, 0.2) is 12.1 Å². The van der Waals surface area contributed by atoms with E-state index in [4.69, 9.17) is 5.26 Å². The second-order valence-electron chi connectivity index (χ2n) is 5.57. The van der Waals surface area contributed by atoms with Crippen molar-refractivity contribution < 1.29 is 8.78 Å². The van der Waals surface area contributed by atoms with Crippen LogP contribution in [0, 0.1) is 23.0 Å². The Balaban J connectivity index is 1.75. The predicted octanol–water partition coefficient (Wildman–Crippen LogP) is 1.32. The summed E-state index contributed by atoms with van der Waals surface area (Å²) in [6.45, 7) is 5.19. The first-order valence-electron chi connectivity index (χ1n) is 7.28. The Morgan fingerprint density at radius 2 is 1.81 bits per heavy atom. The van der Waals surface area contributed by atoms with Crippen molar-refractivity contribution in [2.75, 3.05) is 44.2 Å². The van der Waals surface area contributed by atoms with Gasteiger partial charge in [0, 0.05) is 45.3 Å². The molecule has 0 radical (unpaired) electrons. The number of benzene rings is 1. The lowest BCUT2D eigenvalue weighted by atomic mass is 10.2. The van der Waals surface area contributed by atoms with Crippen LogP contribution >= 0.6 is 0 Å². The van der Waals surface area contributed by atoms with Crippen LogP contribution in [0.25, 0.3) is 0 Å². The summed E-state index contributed by atoms with van der Waals surface area (Å²) in [7, 11) is 0. The van der Waals surface area contributed by atoms with Crippen molar-refractivity contribution in [1.82, 2.24) is 10.2 Å². The molecule has 2 aliphatic rings. The van der Waals surface area contributed by atoms with Crippen LogP contribution in [0.2, 0.25) is 0 Å². The summed E-state index contributed by atoms with van der Waals surface area (Å²) in [5.74, 6) is -1.29. The molecule has 0 bridgehead atoms. The highest BCUT2D eigenvalue weighted by Crippen LogP contribution is 2.29. The first kappa shape index (κ1) is 14.2. The fourth-order valence-corrected chi connectivity index (χ4v) is 3.22. The Bertz CT molecular complexity index is 540. The van der Waals surface area contributed by atoms with E-state index < -0.39 is 11.6 Å².